The van der Waals surface area contributed by atoms with E-state index in [4.69, 9.17) is 12.2 Å². The summed E-state index contributed by atoms with van der Waals surface area (Å²) in [5, 5.41) is 3.12. The van der Waals surface area contributed by atoms with Gasteiger partial charge in [-0.05, 0) is 54.8 Å². The Labute approximate surface area is 191 Å². The highest BCUT2D eigenvalue weighted by Gasteiger charge is 2.23. The van der Waals surface area contributed by atoms with Crippen molar-refractivity contribution in [3.8, 4) is 0 Å². The molecular weight excluding hydrogens is 488 g/mol. The van der Waals surface area contributed by atoms with Crippen molar-refractivity contribution in [2.75, 3.05) is 12.4 Å². The van der Waals surface area contributed by atoms with Crippen molar-refractivity contribution in [3.63, 3.8) is 0 Å². The summed E-state index contributed by atoms with van der Waals surface area (Å²) in [6.45, 7) is 1.97. The maximum atomic E-state index is 12.7. The fraction of sp³-hybridized carbons (Fsp3) is 0.333. The van der Waals surface area contributed by atoms with Crippen LogP contribution in [0.5, 0.6) is 0 Å². The van der Waals surface area contributed by atoms with Crippen LogP contribution >= 0.6 is 28.1 Å². The normalized spacial score (nSPS) is 12.2. The van der Waals surface area contributed by atoms with Gasteiger partial charge in [0.25, 0.3) is 0 Å². The summed E-state index contributed by atoms with van der Waals surface area (Å²) in [6.07, 6.45) is 2.24. The van der Waals surface area contributed by atoms with Gasteiger partial charge in [0.05, 0.1) is 23.0 Å². The Morgan fingerprint density at radius 3 is 2.33 bits per heavy atom. The van der Waals surface area contributed by atoms with Crippen molar-refractivity contribution >= 4 is 54.8 Å². The largest absolute Gasteiger partial charge is 0.469 e. The van der Waals surface area contributed by atoms with Crippen LogP contribution in [0.2, 0.25) is 0 Å². The van der Waals surface area contributed by atoms with Gasteiger partial charge in [0, 0.05) is 16.6 Å². The Kier molecular flexibility index (Phi) is 9.41. The van der Waals surface area contributed by atoms with Gasteiger partial charge in [-0.15, -0.1) is 0 Å². The fourth-order valence-corrected chi connectivity index (χ4v) is 4.61. The summed E-state index contributed by atoms with van der Waals surface area (Å²) in [5.74, 6) is -0.251. The predicted molar refractivity (Wildman–Crippen MR) is 126 cm³/mol. The molecule has 0 saturated carbocycles. The summed E-state index contributed by atoms with van der Waals surface area (Å²) in [6, 6.07) is 13.4. The molecule has 162 valence electrons. The Bertz CT molecular complexity index is 962. The zero-order chi connectivity index (χ0) is 22.1. The molecule has 0 heterocycles. The van der Waals surface area contributed by atoms with Gasteiger partial charge in [-0.1, -0.05) is 53.6 Å². The molecule has 2 aromatic carbocycles. The van der Waals surface area contributed by atoms with Crippen LogP contribution in [0.4, 0.5) is 5.69 Å². The highest BCUT2D eigenvalue weighted by atomic mass is 79.9. The van der Waals surface area contributed by atoms with E-state index < -0.39 is 16.1 Å². The van der Waals surface area contributed by atoms with Gasteiger partial charge in [-0.3, -0.25) is 4.79 Å². The van der Waals surface area contributed by atoms with E-state index in [1.165, 1.54) is 7.11 Å². The number of hydrogen-bond donors (Lipinski definition) is 2. The molecular formula is C21H25BrN2O4S2. The number of carbonyl (C=O) groups excluding carboxylic acids is 1. The standard InChI is InChI=1S/C21H25BrN2O4S2/c1-3-4-19(24-30(26,27)18-12-8-16(22)9-13-18)21(29)23-17-10-5-15(6-11-17)7-14-20(25)28-2/h5-6,8-13,19,24H,3-4,7,14H2,1-2H3,(H,23,29)/t19-/m0/s1. The van der Waals surface area contributed by atoms with Crippen molar-refractivity contribution in [1.82, 2.24) is 4.72 Å². The first-order chi connectivity index (χ1) is 14.2. The van der Waals surface area contributed by atoms with Crippen LogP contribution in [0.25, 0.3) is 0 Å². The number of anilines is 1. The van der Waals surface area contributed by atoms with Crippen LogP contribution in [-0.4, -0.2) is 32.5 Å². The predicted octanol–water partition coefficient (Wildman–Crippen LogP) is 4.44. The molecule has 1 atom stereocenters. The molecule has 0 aliphatic heterocycles. The monoisotopic (exact) mass is 512 g/mol. The third-order valence-electron chi connectivity index (χ3n) is 4.38. The Morgan fingerprint density at radius 1 is 1.13 bits per heavy atom. The first kappa shape index (κ1) is 24.5. The molecule has 2 aromatic rings. The van der Waals surface area contributed by atoms with Gasteiger partial charge < -0.3 is 10.1 Å². The first-order valence-corrected chi connectivity index (χ1v) is 12.2. The van der Waals surface area contributed by atoms with E-state index in [2.05, 4.69) is 30.7 Å². The number of thiocarbonyl (C=S) groups is 1. The van der Waals surface area contributed by atoms with E-state index in [1.54, 1.807) is 24.3 Å². The van der Waals surface area contributed by atoms with E-state index in [9.17, 15) is 13.2 Å². The quantitative estimate of drug-likeness (QED) is 0.361. The fourth-order valence-electron chi connectivity index (χ4n) is 2.73. The van der Waals surface area contributed by atoms with E-state index in [-0.39, 0.29) is 10.9 Å². The minimum Gasteiger partial charge on any atom is -0.469 e. The molecule has 0 radical (unpaired) electrons. The van der Waals surface area contributed by atoms with Crippen LogP contribution < -0.4 is 10.0 Å². The number of nitrogens with one attached hydrogen (secondary N) is 2. The molecule has 0 amide bonds. The summed E-state index contributed by atoms with van der Waals surface area (Å²) in [7, 11) is -2.33. The van der Waals surface area contributed by atoms with Crippen LogP contribution in [0.3, 0.4) is 0 Å². The number of benzene rings is 2. The Balaban J connectivity index is 2.04. The van der Waals surface area contributed by atoms with Crippen LogP contribution in [-0.2, 0) is 26.0 Å². The molecule has 0 aliphatic carbocycles. The highest BCUT2D eigenvalue weighted by Crippen LogP contribution is 2.17. The number of halogens is 1. The number of sulfonamides is 1. The summed E-state index contributed by atoms with van der Waals surface area (Å²) in [4.78, 5) is 11.8. The molecule has 6 nitrogen and oxygen atoms in total. The third kappa shape index (κ3) is 7.46. The number of carbonyl (C=O) groups is 1. The maximum absolute atomic E-state index is 12.7. The molecule has 0 aliphatic rings. The minimum absolute atomic E-state index is 0.185. The minimum atomic E-state index is -3.70. The van der Waals surface area contributed by atoms with E-state index in [0.29, 0.717) is 24.3 Å². The number of esters is 1. The molecule has 0 unspecified atom stereocenters. The maximum Gasteiger partial charge on any atom is 0.305 e. The third-order valence-corrected chi connectivity index (χ3v) is 6.78. The molecule has 30 heavy (non-hydrogen) atoms. The van der Waals surface area contributed by atoms with Gasteiger partial charge in [-0.2, -0.15) is 0 Å². The lowest BCUT2D eigenvalue weighted by molar-refractivity contribution is -0.140. The zero-order valence-electron chi connectivity index (χ0n) is 16.9. The van der Waals surface area contributed by atoms with Gasteiger partial charge >= 0.3 is 5.97 Å². The van der Waals surface area contributed by atoms with Crippen LogP contribution in [0, 0.1) is 0 Å². The van der Waals surface area contributed by atoms with E-state index in [1.807, 2.05) is 31.2 Å². The summed E-state index contributed by atoms with van der Waals surface area (Å²) in [5.41, 5.74) is 1.75. The second kappa shape index (κ2) is 11.5. The molecule has 0 aromatic heterocycles. The van der Waals surface area contributed by atoms with E-state index >= 15 is 0 Å². The SMILES string of the molecule is CCC[C@H](NS(=O)(=O)c1ccc(Br)cc1)C(=S)Nc1ccc(CCC(=O)OC)cc1. The molecule has 0 fully saturated rings. The Hall–Kier alpha value is -1.81. The first-order valence-electron chi connectivity index (χ1n) is 9.49. The summed E-state index contributed by atoms with van der Waals surface area (Å²) >= 11 is 8.79. The number of methoxy groups -OCH3 is 1. The molecule has 0 spiro atoms. The van der Waals surface area contributed by atoms with Crippen LogP contribution in [0.15, 0.2) is 57.9 Å². The van der Waals surface area contributed by atoms with Gasteiger partial charge in [-0.25, -0.2) is 13.1 Å². The van der Waals surface area contributed by atoms with Crippen molar-refractivity contribution in [2.45, 2.75) is 43.5 Å². The lowest BCUT2D eigenvalue weighted by Crippen LogP contribution is -2.42. The lowest BCUT2D eigenvalue weighted by atomic mass is 10.1. The van der Waals surface area contributed by atoms with Crippen molar-refractivity contribution in [2.24, 2.45) is 0 Å². The second-order valence-corrected chi connectivity index (χ2v) is 9.75. The summed E-state index contributed by atoms with van der Waals surface area (Å²) < 4.78 is 33.6. The number of hydrogen-bond acceptors (Lipinski definition) is 5. The lowest BCUT2D eigenvalue weighted by Gasteiger charge is -2.20. The molecule has 2 N–H and O–H groups in total. The van der Waals surface area contributed by atoms with E-state index in [0.717, 1.165) is 22.1 Å². The van der Waals surface area contributed by atoms with Gasteiger partial charge in [0.15, 0.2) is 0 Å². The average molecular weight is 513 g/mol. The molecule has 0 saturated heterocycles. The molecule has 0 bridgehead atoms. The van der Waals surface area contributed by atoms with Crippen molar-refractivity contribution in [3.05, 3.63) is 58.6 Å². The van der Waals surface area contributed by atoms with Crippen molar-refractivity contribution < 1.29 is 17.9 Å². The topological polar surface area (TPSA) is 84.5 Å². The average Bonchev–Trinajstić information content (AvgIpc) is 2.72. The Morgan fingerprint density at radius 2 is 1.77 bits per heavy atom. The number of rotatable bonds is 10. The second-order valence-electron chi connectivity index (χ2n) is 6.68. The smallest absolute Gasteiger partial charge is 0.305 e. The van der Waals surface area contributed by atoms with Crippen molar-refractivity contribution in [1.29, 1.82) is 0 Å². The number of aryl methyl sites for hydroxylation is 1. The molecule has 9 heteroatoms. The highest BCUT2D eigenvalue weighted by molar-refractivity contribution is 9.10. The van der Waals surface area contributed by atoms with Gasteiger partial charge in [0.1, 0.15) is 0 Å². The zero-order valence-corrected chi connectivity index (χ0v) is 20.1. The number of ether oxygens (including phenoxy) is 1. The van der Waals surface area contributed by atoms with Crippen LogP contribution in [0.1, 0.15) is 31.7 Å². The van der Waals surface area contributed by atoms with Gasteiger partial charge in [0.2, 0.25) is 10.0 Å². The molecule has 2 rings (SSSR count).